The van der Waals surface area contributed by atoms with Crippen molar-refractivity contribution in [2.75, 3.05) is 11.9 Å². The van der Waals surface area contributed by atoms with Crippen LogP contribution in [0.15, 0.2) is 45.8 Å². The molecule has 1 heterocycles. The third-order valence-electron chi connectivity index (χ3n) is 2.69. The van der Waals surface area contributed by atoms with Gasteiger partial charge in [0, 0.05) is 11.6 Å². The third-order valence-corrected chi connectivity index (χ3v) is 2.69. The van der Waals surface area contributed by atoms with Crippen LogP contribution in [0.5, 0.6) is 0 Å². The van der Waals surface area contributed by atoms with Crippen molar-refractivity contribution in [3.63, 3.8) is 0 Å². The average Bonchev–Trinajstić information content (AvgIpc) is 2.47. The number of aliphatic hydroxyl groups excluding tert-OH is 1. The van der Waals surface area contributed by atoms with Gasteiger partial charge in [-0.3, -0.25) is 4.79 Å². The predicted octanol–water partition coefficient (Wildman–Crippen LogP) is 1.54. The zero-order chi connectivity index (χ0) is 15.2. The van der Waals surface area contributed by atoms with E-state index in [4.69, 9.17) is 5.11 Å². The number of nitrogens with one attached hydrogen (secondary N) is 1. The minimum Gasteiger partial charge on any atom is -0.430 e. The molecule has 21 heavy (non-hydrogen) atoms. The molecule has 5 heteroatoms. The van der Waals surface area contributed by atoms with Crippen molar-refractivity contribution in [3.05, 3.63) is 63.7 Å². The fraction of sp³-hybridized carbons (Fsp3) is 0.125. The highest BCUT2D eigenvalue weighted by atomic mass is 16.4. The number of aryl methyl sites for hydroxylation is 1. The number of aliphatic hydroxyl groups is 1. The van der Waals surface area contributed by atoms with Crippen LogP contribution >= 0.6 is 0 Å². The van der Waals surface area contributed by atoms with Crippen LogP contribution < -0.4 is 10.9 Å². The van der Waals surface area contributed by atoms with E-state index in [-0.39, 0.29) is 12.2 Å². The fourth-order valence-corrected chi connectivity index (χ4v) is 1.69. The maximum atomic E-state index is 12.1. The lowest BCUT2D eigenvalue weighted by Gasteiger charge is -2.08. The maximum Gasteiger partial charge on any atom is 0.335 e. The molecule has 2 N–H and O–H groups in total. The first-order chi connectivity index (χ1) is 10.1. The second kappa shape index (κ2) is 6.55. The Balaban J connectivity index is 2.29. The van der Waals surface area contributed by atoms with E-state index in [1.807, 2.05) is 13.0 Å². The third kappa shape index (κ3) is 3.81. The highest BCUT2D eigenvalue weighted by Crippen LogP contribution is 2.17. The fourth-order valence-electron chi connectivity index (χ4n) is 1.69. The largest absolute Gasteiger partial charge is 0.430 e. The van der Waals surface area contributed by atoms with Crippen molar-refractivity contribution in [1.29, 1.82) is 0 Å². The van der Waals surface area contributed by atoms with Crippen LogP contribution in [0.3, 0.4) is 0 Å². The SMILES string of the molecule is Cc1ccc(C#CCO)c(NC(=O)c2ccc(=O)oc2)c1. The minimum absolute atomic E-state index is 0.233. The molecule has 1 aromatic carbocycles. The Labute approximate surface area is 121 Å². The van der Waals surface area contributed by atoms with E-state index in [0.29, 0.717) is 11.3 Å². The van der Waals surface area contributed by atoms with Gasteiger partial charge in [0.2, 0.25) is 0 Å². The van der Waals surface area contributed by atoms with E-state index in [1.54, 1.807) is 12.1 Å². The van der Waals surface area contributed by atoms with Gasteiger partial charge in [-0.05, 0) is 30.7 Å². The minimum atomic E-state index is -0.517. The van der Waals surface area contributed by atoms with Gasteiger partial charge >= 0.3 is 5.63 Å². The lowest BCUT2D eigenvalue weighted by atomic mass is 10.1. The second-order valence-electron chi connectivity index (χ2n) is 4.31. The first-order valence-corrected chi connectivity index (χ1v) is 6.21. The molecule has 0 saturated heterocycles. The molecule has 0 radical (unpaired) electrons. The normalized spacial score (nSPS) is 9.62. The van der Waals surface area contributed by atoms with Crippen LogP contribution in [0.1, 0.15) is 21.5 Å². The molecule has 0 aliphatic carbocycles. The molecule has 2 aromatic rings. The summed E-state index contributed by atoms with van der Waals surface area (Å²) in [4.78, 5) is 23.0. The van der Waals surface area contributed by atoms with Crippen LogP contribution in [-0.4, -0.2) is 17.6 Å². The lowest BCUT2D eigenvalue weighted by Crippen LogP contribution is -2.14. The van der Waals surface area contributed by atoms with E-state index in [0.717, 1.165) is 11.8 Å². The quantitative estimate of drug-likeness (QED) is 0.819. The summed E-state index contributed by atoms with van der Waals surface area (Å²) < 4.78 is 4.66. The molecule has 0 aliphatic heterocycles. The van der Waals surface area contributed by atoms with Crippen molar-refractivity contribution < 1.29 is 14.3 Å². The lowest BCUT2D eigenvalue weighted by molar-refractivity contribution is 0.102. The molecular weight excluding hydrogens is 270 g/mol. The topological polar surface area (TPSA) is 79.5 Å². The van der Waals surface area contributed by atoms with Crippen LogP contribution in [0.4, 0.5) is 5.69 Å². The molecule has 0 saturated carbocycles. The molecule has 106 valence electrons. The van der Waals surface area contributed by atoms with Gasteiger partial charge in [-0.1, -0.05) is 17.9 Å². The zero-order valence-electron chi connectivity index (χ0n) is 11.3. The van der Waals surface area contributed by atoms with Crippen LogP contribution in [0.2, 0.25) is 0 Å². The van der Waals surface area contributed by atoms with Gasteiger partial charge in [-0.15, -0.1) is 0 Å². The average molecular weight is 283 g/mol. The van der Waals surface area contributed by atoms with Crippen LogP contribution in [0, 0.1) is 18.8 Å². The highest BCUT2D eigenvalue weighted by Gasteiger charge is 2.09. The Hall–Kier alpha value is -2.84. The standard InChI is InChI=1S/C16H13NO4/c1-11-4-5-12(3-2-8-18)14(9-11)17-16(20)13-6-7-15(19)21-10-13/h4-7,9-10,18H,8H2,1H3,(H,17,20). The number of anilines is 1. The molecule has 5 nitrogen and oxygen atoms in total. The Morgan fingerprint density at radius 1 is 1.33 bits per heavy atom. The summed E-state index contributed by atoms with van der Waals surface area (Å²) in [6.07, 6.45) is 1.10. The Morgan fingerprint density at radius 2 is 2.14 bits per heavy atom. The molecule has 0 atom stereocenters. The molecule has 0 bridgehead atoms. The monoisotopic (exact) mass is 283 g/mol. The summed E-state index contributed by atoms with van der Waals surface area (Å²) in [5.74, 6) is 4.90. The molecule has 1 aromatic heterocycles. The smallest absolute Gasteiger partial charge is 0.335 e. The van der Waals surface area contributed by atoms with Gasteiger partial charge < -0.3 is 14.8 Å². The van der Waals surface area contributed by atoms with Crippen LogP contribution in [0.25, 0.3) is 0 Å². The number of carbonyl (C=O) groups excluding carboxylic acids is 1. The van der Waals surface area contributed by atoms with E-state index in [1.165, 1.54) is 12.1 Å². The molecule has 0 spiro atoms. The van der Waals surface area contributed by atoms with Crippen molar-refractivity contribution >= 4 is 11.6 Å². The maximum absolute atomic E-state index is 12.1. The first kappa shape index (κ1) is 14.6. The van der Waals surface area contributed by atoms with E-state index < -0.39 is 11.5 Å². The Kier molecular flexibility index (Phi) is 4.54. The van der Waals surface area contributed by atoms with Gasteiger partial charge in [-0.2, -0.15) is 0 Å². The number of carbonyl (C=O) groups is 1. The summed E-state index contributed by atoms with van der Waals surface area (Å²) in [6, 6.07) is 7.96. The Morgan fingerprint density at radius 3 is 2.81 bits per heavy atom. The van der Waals surface area contributed by atoms with Gasteiger partial charge in [0.25, 0.3) is 5.91 Å². The molecule has 0 fully saturated rings. The summed E-state index contributed by atoms with van der Waals surface area (Å²) >= 11 is 0. The summed E-state index contributed by atoms with van der Waals surface area (Å²) in [7, 11) is 0. The molecular formula is C16H13NO4. The molecule has 2 rings (SSSR count). The van der Waals surface area contributed by atoms with Gasteiger partial charge in [0.1, 0.15) is 12.9 Å². The van der Waals surface area contributed by atoms with Gasteiger partial charge in [0.15, 0.2) is 0 Å². The molecule has 1 amide bonds. The molecule has 0 unspecified atom stereocenters. The highest BCUT2D eigenvalue weighted by molar-refractivity contribution is 6.04. The Bertz CT molecular complexity index is 760. The van der Waals surface area contributed by atoms with E-state index in [9.17, 15) is 9.59 Å². The predicted molar refractivity (Wildman–Crippen MR) is 78.1 cm³/mol. The number of rotatable bonds is 2. The van der Waals surface area contributed by atoms with Gasteiger partial charge in [0.05, 0.1) is 11.3 Å². The van der Waals surface area contributed by atoms with E-state index >= 15 is 0 Å². The van der Waals surface area contributed by atoms with Crippen molar-refractivity contribution in [2.45, 2.75) is 6.92 Å². The number of benzene rings is 1. The van der Waals surface area contributed by atoms with Crippen LogP contribution in [-0.2, 0) is 0 Å². The van der Waals surface area contributed by atoms with Crippen molar-refractivity contribution in [1.82, 2.24) is 0 Å². The second-order valence-corrected chi connectivity index (χ2v) is 4.31. The first-order valence-electron chi connectivity index (χ1n) is 6.21. The zero-order valence-corrected chi connectivity index (χ0v) is 11.3. The number of hydrogen-bond donors (Lipinski definition) is 2. The number of hydrogen-bond acceptors (Lipinski definition) is 4. The summed E-state index contributed by atoms with van der Waals surface area (Å²) in [5.41, 5.74) is 1.81. The van der Waals surface area contributed by atoms with E-state index in [2.05, 4.69) is 21.6 Å². The summed E-state index contributed by atoms with van der Waals surface area (Å²) in [6.45, 7) is 1.63. The molecule has 0 aliphatic rings. The van der Waals surface area contributed by atoms with Crippen molar-refractivity contribution in [2.24, 2.45) is 0 Å². The van der Waals surface area contributed by atoms with Crippen molar-refractivity contribution in [3.8, 4) is 11.8 Å². The summed E-state index contributed by atoms with van der Waals surface area (Å²) in [5, 5.41) is 11.5. The number of amides is 1. The van der Waals surface area contributed by atoms with Gasteiger partial charge in [-0.25, -0.2) is 4.79 Å².